The Hall–Kier alpha value is -3.37. The second kappa shape index (κ2) is 11.4. The topological polar surface area (TPSA) is 118 Å². The van der Waals surface area contributed by atoms with Gasteiger partial charge in [-0.25, -0.2) is 0 Å². The van der Waals surface area contributed by atoms with Crippen LogP contribution >= 0.6 is 0 Å². The highest BCUT2D eigenvalue weighted by molar-refractivity contribution is 6.10. The Kier molecular flexibility index (Phi) is 8.04. The van der Waals surface area contributed by atoms with E-state index in [1.807, 2.05) is 36.9 Å². The van der Waals surface area contributed by atoms with Crippen molar-refractivity contribution < 1.29 is 23.7 Å². The second-order valence-electron chi connectivity index (χ2n) is 8.76. The number of aliphatic imine (C=N–C) groups is 1. The number of allylic oxidation sites excluding steroid dienone is 1. The zero-order valence-corrected chi connectivity index (χ0v) is 20.4. The van der Waals surface area contributed by atoms with E-state index in [0.717, 1.165) is 11.3 Å². The molecule has 1 unspecified atom stereocenters. The number of nitrogens with zero attached hydrogens (tertiary/aromatic N) is 2. The largest absolute Gasteiger partial charge is 0.491 e. The number of benzene rings is 1. The Morgan fingerprint density at radius 1 is 1.31 bits per heavy atom. The molecule has 1 aromatic rings. The van der Waals surface area contributed by atoms with E-state index in [0.29, 0.717) is 62.4 Å². The average molecular weight is 484 g/mol. The van der Waals surface area contributed by atoms with Crippen LogP contribution in [0.25, 0.3) is 5.57 Å². The summed E-state index contributed by atoms with van der Waals surface area (Å²) in [5.74, 6) is 1.55. The molecule has 4 bridgehead atoms. The Labute approximate surface area is 205 Å². The Morgan fingerprint density at radius 3 is 2.94 bits per heavy atom. The number of anilines is 1. The number of carbonyl (C=O) groups excluding carboxylic acids is 1. The summed E-state index contributed by atoms with van der Waals surface area (Å²) >= 11 is 0. The number of ether oxygens (including phenoxy) is 4. The number of fused-ring (bicyclic) bond motifs is 4. The molecule has 35 heavy (non-hydrogen) atoms. The molecule has 1 amide bonds. The van der Waals surface area contributed by atoms with Crippen molar-refractivity contribution in [3.63, 3.8) is 0 Å². The third-order valence-corrected chi connectivity index (χ3v) is 5.85. The van der Waals surface area contributed by atoms with Crippen molar-refractivity contribution in [1.82, 2.24) is 10.2 Å². The highest BCUT2D eigenvalue weighted by Crippen LogP contribution is 2.29. The van der Waals surface area contributed by atoms with Gasteiger partial charge in [0.05, 0.1) is 25.4 Å². The molecule has 3 heterocycles. The molecular weight excluding hydrogens is 450 g/mol. The molecule has 1 aromatic carbocycles. The van der Waals surface area contributed by atoms with Crippen LogP contribution in [0.3, 0.4) is 0 Å². The number of hydrogen-bond acceptors (Lipinski definition) is 9. The van der Waals surface area contributed by atoms with Gasteiger partial charge in [0, 0.05) is 62.4 Å². The minimum Gasteiger partial charge on any atom is -0.491 e. The standard InChI is InChI=1S/C25H33N5O5/c1-16(2)35-20-11-17-10-18(12-20)27-6-7-30-19(13-22(25(30)31)33-9-8-32-3)15-34-23-4-5-28-24(29-23)21(17)14-26/h4-5,10-12,14,16,19,22,26-28H,6-9,13,15H2,1-3H3/b24-21-,26-14?/t19-,22?/m0/s1. The third-order valence-electron chi connectivity index (χ3n) is 5.85. The Morgan fingerprint density at radius 2 is 2.17 bits per heavy atom. The minimum atomic E-state index is -0.519. The van der Waals surface area contributed by atoms with Gasteiger partial charge in [0.1, 0.15) is 24.3 Å². The number of methoxy groups -OCH3 is 1. The molecule has 2 atom stereocenters. The summed E-state index contributed by atoms with van der Waals surface area (Å²) in [7, 11) is 1.60. The monoisotopic (exact) mass is 483 g/mol. The molecule has 1 saturated heterocycles. The molecule has 10 heteroatoms. The highest BCUT2D eigenvalue weighted by atomic mass is 16.5. The number of amides is 1. The summed E-state index contributed by atoms with van der Waals surface area (Å²) in [6.07, 6.45) is 4.74. The summed E-state index contributed by atoms with van der Waals surface area (Å²) < 4.78 is 22.8. The van der Waals surface area contributed by atoms with E-state index in [1.165, 1.54) is 6.21 Å². The lowest BCUT2D eigenvalue weighted by molar-refractivity contribution is -0.138. The zero-order chi connectivity index (χ0) is 24.8. The van der Waals surface area contributed by atoms with Crippen LogP contribution < -0.4 is 15.4 Å². The van der Waals surface area contributed by atoms with E-state index >= 15 is 0 Å². The average Bonchev–Trinajstić information content (AvgIpc) is 3.12. The Balaban J connectivity index is 1.66. The van der Waals surface area contributed by atoms with Crippen LogP contribution in [0.5, 0.6) is 5.75 Å². The van der Waals surface area contributed by atoms with Crippen molar-refractivity contribution >= 4 is 29.3 Å². The molecule has 3 aliphatic heterocycles. The van der Waals surface area contributed by atoms with Crippen LogP contribution in [0.4, 0.5) is 5.69 Å². The molecule has 0 aliphatic carbocycles. The summed E-state index contributed by atoms with van der Waals surface area (Å²) in [4.78, 5) is 19.5. The predicted octanol–water partition coefficient (Wildman–Crippen LogP) is 2.38. The van der Waals surface area contributed by atoms with Crippen LogP contribution in [0.15, 0.2) is 41.3 Å². The summed E-state index contributed by atoms with van der Waals surface area (Å²) in [5, 5.41) is 14.6. The van der Waals surface area contributed by atoms with Gasteiger partial charge in [0.15, 0.2) is 0 Å². The first-order valence-electron chi connectivity index (χ1n) is 11.8. The van der Waals surface area contributed by atoms with Crippen LogP contribution in [-0.4, -0.2) is 81.2 Å². The number of carbonyl (C=O) groups is 1. The van der Waals surface area contributed by atoms with Crippen LogP contribution in [0.2, 0.25) is 0 Å². The van der Waals surface area contributed by atoms with Gasteiger partial charge in [-0.3, -0.25) is 4.79 Å². The van der Waals surface area contributed by atoms with Crippen molar-refractivity contribution in [2.45, 2.75) is 38.5 Å². The van der Waals surface area contributed by atoms with Crippen LogP contribution in [0.1, 0.15) is 25.8 Å². The van der Waals surface area contributed by atoms with Gasteiger partial charge in [-0.2, -0.15) is 4.99 Å². The fourth-order valence-corrected chi connectivity index (χ4v) is 4.28. The second-order valence-corrected chi connectivity index (χ2v) is 8.76. The van der Waals surface area contributed by atoms with Gasteiger partial charge < -0.3 is 39.9 Å². The van der Waals surface area contributed by atoms with E-state index in [9.17, 15) is 4.79 Å². The van der Waals surface area contributed by atoms with Crippen molar-refractivity contribution in [3.8, 4) is 5.75 Å². The van der Waals surface area contributed by atoms with Gasteiger partial charge in [0.2, 0.25) is 5.90 Å². The molecular formula is C25H33N5O5. The SMILES string of the molecule is COCCOC1C[C@H]2COC3=N/C(=C(/C=N)c4cc(cc(OC(C)C)c4)NCCN2C1=O)NC=C3. The Bertz CT molecular complexity index is 1040. The molecule has 0 radical (unpaired) electrons. The first-order chi connectivity index (χ1) is 17.0. The summed E-state index contributed by atoms with van der Waals surface area (Å²) in [5.41, 5.74) is 2.22. The quantitative estimate of drug-likeness (QED) is 0.403. The molecule has 0 spiro atoms. The smallest absolute Gasteiger partial charge is 0.252 e. The van der Waals surface area contributed by atoms with Gasteiger partial charge in [0.25, 0.3) is 5.91 Å². The van der Waals surface area contributed by atoms with Crippen molar-refractivity contribution in [1.29, 1.82) is 5.41 Å². The summed E-state index contributed by atoms with van der Waals surface area (Å²) in [6, 6.07) is 5.62. The lowest BCUT2D eigenvalue weighted by atomic mass is 10.0. The summed E-state index contributed by atoms with van der Waals surface area (Å²) in [6.45, 7) is 6.05. The first kappa shape index (κ1) is 24.7. The van der Waals surface area contributed by atoms with E-state index in [-0.39, 0.29) is 18.1 Å². The third kappa shape index (κ3) is 6.01. The van der Waals surface area contributed by atoms with Gasteiger partial charge in [-0.1, -0.05) is 0 Å². The molecule has 4 rings (SSSR count). The lowest BCUT2D eigenvalue weighted by Gasteiger charge is -2.26. The van der Waals surface area contributed by atoms with E-state index in [2.05, 4.69) is 15.6 Å². The lowest BCUT2D eigenvalue weighted by Crippen LogP contribution is -2.41. The molecule has 188 valence electrons. The number of nitrogens with one attached hydrogen (secondary N) is 3. The molecule has 0 saturated carbocycles. The molecule has 0 aromatic heterocycles. The van der Waals surface area contributed by atoms with Crippen molar-refractivity contribution in [2.75, 3.05) is 45.3 Å². The van der Waals surface area contributed by atoms with E-state index in [4.69, 9.17) is 24.4 Å². The fourth-order valence-electron chi connectivity index (χ4n) is 4.28. The van der Waals surface area contributed by atoms with Crippen molar-refractivity contribution in [3.05, 3.63) is 41.9 Å². The normalized spacial score (nSPS) is 24.1. The maximum atomic E-state index is 13.1. The van der Waals surface area contributed by atoms with Crippen LogP contribution in [-0.2, 0) is 19.0 Å². The minimum absolute atomic E-state index is 0.00781. The predicted molar refractivity (Wildman–Crippen MR) is 134 cm³/mol. The van der Waals surface area contributed by atoms with Gasteiger partial charge in [-0.15, -0.1) is 0 Å². The number of hydrogen-bond donors (Lipinski definition) is 3. The van der Waals surface area contributed by atoms with E-state index in [1.54, 1.807) is 19.4 Å². The molecule has 1 fully saturated rings. The molecule has 3 N–H and O–H groups in total. The van der Waals surface area contributed by atoms with Gasteiger partial charge >= 0.3 is 0 Å². The van der Waals surface area contributed by atoms with Crippen LogP contribution in [0, 0.1) is 5.41 Å². The fraction of sp³-hybridized carbons (Fsp3) is 0.480. The highest BCUT2D eigenvalue weighted by Gasteiger charge is 2.40. The van der Waals surface area contributed by atoms with E-state index < -0.39 is 6.10 Å². The van der Waals surface area contributed by atoms with Crippen molar-refractivity contribution in [2.24, 2.45) is 4.99 Å². The first-order valence-corrected chi connectivity index (χ1v) is 11.8. The number of rotatable bonds is 7. The maximum Gasteiger partial charge on any atom is 0.252 e. The molecule has 10 nitrogen and oxygen atoms in total. The molecule has 3 aliphatic rings. The van der Waals surface area contributed by atoms with Gasteiger partial charge in [-0.05, 0) is 31.5 Å². The zero-order valence-electron chi connectivity index (χ0n) is 20.4. The maximum absolute atomic E-state index is 13.1.